The number of aryl methyl sites for hydroxylation is 1. The number of aromatic amines is 1. The maximum absolute atomic E-state index is 12.4. The van der Waals surface area contributed by atoms with Crippen LogP contribution in [0.2, 0.25) is 0 Å². The molecule has 1 saturated heterocycles. The van der Waals surface area contributed by atoms with Gasteiger partial charge in [-0.1, -0.05) is 24.3 Å². The number of anilines is 2. The predicted molar refractivity (Wildman–Crippen MR) is 102 cm³/mol. The Labute approximate surface area is 148 Å². The Morgan fingerprint density at radius 2 is 1.88 bits per heavy atom. The zero-order valence-corrected chi connectivity index (χ0v) is 14.6. The van der Waals surface area contributed by atoms with E-state index < -0.39 is 0 Å². The molecule has 1 fully saturated rings. The number of pyridine rings is 1. The topological polar surface area (TPSA) is 48.1 Å². The fraction of sp³-hybridized carbons (Fsp3) is 0.476. The second-order valence-electron chi connectivity index (χ2n) is 7.83. The minimum atomic E-state index is 0.0891. The first-order valence-corrected chi connectivity index (χ1v) is 9.59. The van der Waals surface area contributed by atoms with Crippen LogP contribution in [0.5, 0.6) is 0 Å². The van der Waals surface area contributed by atoms with Crippen molar-refractivity contribution in [3.63, 3.8) is 0 Å². The summed E-state index contributed by atoms with van der Waals surface area (Å²) in [4.78, 5) is 17.9. The summed E-state index contributed by atoms with van der Waals surface area (Å²) in [6.07, 6.45) is 6.78. The highest BCUT2D eigenvalue weighted by Crippen LogP contribution is 2.46. The molecule has 1 spiro atoms. The third-order valence-corrected chi connectivity index (χ3v) is 6.56. The molecule has 4 nitrogen and oxygen atoms in total. The van der Waals surface area contributed by atoms with Gasteiger partial charge in [-0.25, -0.2) is 0 Å². The molecule has 3 heterocycles. The standard InChI is InChI=1S/C21H25N3O/c25-20-16-5-3-11-22-18(16)14-19(23-20)24-12-9-21(10-13-24)8-7-15-4-1-2-6-17(15)21/h1-2,4,6,14,22H,3,5,7-13H2,(H,23,25). The van der Waals surface area contributed by atoms with Crippen molar-refractivity contribution in [1.29, 1.82) is 0 Å². The molecule has 2 aromatic rings. The Kier molecular flexibility index (Phi) is 3.40. The van der Waals surface area contributed by atoms with Crippen LogP contribution in [0, 0.1) is 0 Å². The van der Waals surface area contributed by atoms with Gasteiger partial charge in [-0.3, -0.25) is 4.79 Å². The number of nitrogens with one attached hydrogen (secondary N) is 2. The maximum Gasteiger partial charge on any atom is 0.254 e. The summed E-state index contributed by atoms with van der Waals surface area (Å²) in [5, 5.41) is 3.40. The second-order valence-corrected chi connectivity index (χ2v) is 7.83. The third-order valence-electron chi connectivity index (χ3n) is 6.56. The monoisotopic (exact) mass is 335 g/mol. The van der Waals surface area contributed by atoms with Gasteiger partial charge in [-0.15, -0.1) is 0 Å². The van der Waals surface area contributed by atoms with E-state index >= 15 is 0 Å². The lowest BCUT2D eigenvalue weighted by Gasteiger charge is -2.41. The minimum absolute atomic E-state index is 0.0891. The van der Waals surface area contributed by atoms with Crippen LogP contribution in [0.4, 0.5) is 11.5 Å². The average Bonchev–Trinajstić information content (AvgIpc) is 3.01. The number of hydrogen-bond acceptors (Lipinski definition) is 3. The summed E-state index contributed by atoms with van der Waals surface area (Å²) in [5.74, 6) is 0.985. The highest BCUT2D eigenvalue weighted by atomic mass is 16.1. The lowest BCUT2D eigenvalue weighted by atomic mass is 9.74. The van der Waals surface area contributed by atoms with Gasteiger partial charge < -0.3 is 15.2 Å². The summed E-state index contributed by atoms with van der Waals surface area (Å²) in [6, 6.07) is 11.1. The molecule has 2 aliphatic heterocycles. The van der Waals surface area contributed by atoms with Crippen molar-refractivity contribution in [2.24, 2.45) is 0 Å². The molecule has 0 amide bonds. The van der Waals surface area contributed by atoms with Gasteiger partial charge in [0.25, 0.3) is 5.56 Å². The van der Waals surface area contributed by atoms with E-state index in [1.807, 2.05) is 0 Å². The van der Waals surface area contributed by atoms with Gasteiger partial charge >= 0.3 is 0 Å². The fourth-order valence-electron chi connectivity index (χ4n) is 5.10. The van der Waals surface area contributed by atoms with Crippen LogP contribution in [-0.4, -0.2) is 24.6 Å². The molecule has 0 saturated carbocycles. The summed E-state index contributed by atoms with van der Waals surface area (Å²) >= 11 is 0. The van der Waals surface area contributed by atoms with E-state index in [4.69, 9.17) is 0 Å². The van der Waals surface area contributed by atoms with E-state index in [2.05, 4.69) is 45.5 Å². The van der Waals surface area contributed by atoms with Crippen molar-refractivity contribution in [3.8, 4) is 0 Å². The summed E-state index contributed by atoms with van der Waals surface area (Å²) in [6.45, 7) is 3.00. The number of H-pyrrole nitrogens is 1. The molecule has 130 valence electrons. The molecule has 25 heavy (non-hydrogen) atoms. The molecule has 4 heteroatoms. The lowest BCUT2D eigenvalue weighted by Crippen LogP contribution is -2.42. The maximum atomic E-state index is 12.4. The lowest BCUT2D eigenvalue weighted by molar-refractivity contribution is 0.329. The Balaban J connectivity index is 1.40. The van der Waals surface area contributed by atoms with E-state index in [1.165, 1.54) is 25.7 Å². The van der Waals surface area contributed by atoms with Gasteiger partial charge in [0.05, 0.1) is 0 Å². The first kappa shape index (κ1) is 15.1. The van der Waals surface area contributed by atoms with Crippen LogP contribution in [0.15, 0.2) is 35.1 Å². The molecule has 0 bridgehead atoms. The number of fused-ring (bicyclic) bond motifs is 3. The van der Waals surface area contributed by atoms with Crippen molar-refractivity contribution in [2.45, 2.75) is 43.9 Å². The van der Waals surface area contributed by atoms with Crippen LogP contribution < -0.4 is 15.8 Å². The normalized spacial score (nSPS) is 20.9. The van der Waals surface area contributed by atoms with Crippen molar-refractivity contribution in [1.82, 2.24) is 4.98 Å². The van der Waals surface area contributed by atoms with Crippen LogP contribution >= 0.6 is 0 Å². The summed E-state index contributed by atoms with van der Waals surface area (Å²) < 4.78 is 0. The molecule has 1 aromatic carbocycles. The van der Waals surface area contributed by atoms with E-state index in [0.717, 1.165) is 49.5 Å². The van der Waals surface area contributed by atoms with Crippen molar-refractivity contribution < 1.29 is 0 Å². The quantitative estimate of drug-likeness (QED) is 0.841. The number of benzene rings is 1. The third kappa shape index (κ3) is 2.38. The second kappa shape index (κ2) is 5.65. The number of aromatic nitrogens is 1. The van der Waals surface area contributed by atoms with Gasteiger partial charge in [0.15, 0.2) is 0 Å². The van der Waals surface area contributed by atoms with Crippen LogP contribution in [-0.2, 0) is 18.3 Å². The van der Waals surface area contributed by atoms with E-state index in [1.54, 1.807) is 11.1 Å². The Morgan fingerprint density at radius 1 is 1.04 bits per heavy atom. The first-order valence-electron chi connectivity index (χ1n) is 9.59. The zero-order chi connectivity index (χ0) is 16.9. The smallest absolute Gasteiger partial charge is 0.254 e. The molecular formula is C21H25N3O. The number of rotatable bonds is 1. The SMILES string of the molecule is O=c1[nH]c(N2CCC3(CCc4ccccc43)CC2)cc2c1CCCN2. The van der Waals surface area contributed by atoms with Crippen molar-refractivity contribution >= 4 is 11.5 Å². The predicted octanol–water partition coefficient (Wildman–Crippen LogP) is 3.22. The molecule has 0 atom stereocenters. The zero-order valence-electron chi connectivity index (χ0n) is 14.6. The highest BCUT2D eigenvalue weighted by molar-refractivity contribution is 5.59. The van der Waals surface area contributed by atoms with E-state index in [-0.39, 0.29) is 5.56 Å². The molecule has 3 aliphatic rings. The number of piperidine rings is 1. The van der Waals surface area contributed by atoms with Crippen molar-refractivity contribution in [2.75, 3.05) is 29.9 Å². The van der Waals surface area contributed by atoms with Gasteiger partial charge in [-0.05, 0) is 55.1 Å². The van der Waals surface area contributed by atoms with Crippen LogP contribution in [0.1, 0.15) is 42.4 Å². The molecule has 0 radical (unpaired) electrons. The minimum Gasteiger partial charge on any atom is -0.385 e. The molecule has 1 aromatic heterocycles. The van der Waals surface area contributed by atoms with Crippen LogP contribution in [0.25, 0.3) is 0 Å². The average molecular weight is 335 g/mol. The largest absolute Gasteiger partial charge is 0.385 e. The van der Waals surface area contributed by atoms with Gasteiger partial charge in [0.2, 0.25) is 0 Å². The molecule has 1 aliphatic carbocycles. The van der Waals surface area contributed by atoms with E-state index in [0.29, 0.717) is 5.41 Å². The van der Waals surface area contributed by atoms with Crippen molar-refractivity contribution in [3.05, 3.63) is 57.4 Å². The Morgan fingerprint density at radius 3 is 2.76 bits per heavy atom. The number of nitrogens with zero attached hydrogens (tertiary/aromatic N) is 1. The highest BCUT2D eigenvalue weighted by Gasteiger charge is 2.41. The van der Waals surface area contributed by atoms with Gasteiger partial charge in [0.1, 0.15) is 5.82 Å². The van der Waals surface area contributed by atoms with Crippen LogP contribution in [0.3, 0.4) is 0 Å². The Hall–Kier alpha value is -2.23. The van der Waals surface area contributed by atoms with Gasteiger partial charge in [0, 0.05) is 37.0 Å². The van der Waals surface area contributed by atoms with E-state index in [9.17, 15) is 4.79 Å². The number of hydrogen-bond donors (Lipinski definition) is 2. The fourth-order valence-corrected chi connectivity index (χ4v) is 5.10. The summed E-state index contributed by atoms with van der Waals surface area (Å²) in [7, 11) is 0. The van der Waals surface area contributed by atoms with Gasteiger partial charge in [-0.2, -0.15) is 0 Å². The summed E-state index contributed by atoms with van der Waals surface area (Å²) in [5.41, 5.74) is 5.54. The molecular weight excluding hydrogens is 310 g/mol. The molecule has 2 N–H and O–H groups in total. The Bertz CT molecular complexity index is 862. The first-order chi connectivity index (χ1) is 12.3. The molecule has 0 unspecified atom stereocenters. The molecule has 5 rings (SSSR count).